The number of esters is 1. The van der Waals surface area contributed by atoms with E-state index in [1.54, 1.807) is 28.3 Å². The molecule has 0 saturated carbocycles. The van der Waals surface area contributed by atoms with Gasteiger partial charge >= 0.3 is 5.97 Å². The molecule has 36 heavy (non-hydrogen) atoms. The number of hydrogen-bond acceptors (Lipinski definition) is 8. The van der Waals surface area contributed by atoms with Crippen molar-refractivity contribution in [3.63, 3.8) is 0 Å². The lowest BCUT2D eigenvalue weighted by atomic mass is 10.1. The average Bonchev–Trinajstić information content (AvgIpc) is 2.87. The maximum Gasteiger partial charge on any atom is 0.305 e. The summed E-state index contributed by atoms with van der Waals surface area (Å²) in [5, 5.41) is 0. The molecule has 3 rings (SSSR count). The molecule has 0 N–H and O–H groups in total. The number of carbonyl (C=O) groups excluding carboxylic acids is 1. The van der Waals surface area contributed by atoms with Gasteiger partial charge in [-0.15, -0.1) is 24.8 Å². The second kappa shape index (κ2) is 16.2. The van der Waals surface area contributed by atoms with Gasteiger partial charge in [0.2, 0.25) is 5.75 Å². The molecule has 0 radical (unpaired) electrons. The van der Waals surface area contributed by atoms with Gasteiger partial charge in [0, 0.05) is 44.7 Å². The molecular formula is C26H38Cl2N2O6. The lowest BCUT2D eigenvalue weighted by Gasteiger charge is -2.37. The number of carbonyl (C=O) groups is 1. The van der Waals surface area contributed by atoms with Crippen LogP contribution in [0.15, 0.2) is 36.4 Å². The molecule has 0 bridgehead atoms. The van der Waals surface area contributed by atoms with Gasteiger partial charge in [0.15, 0.2) is 11.5 Å². The van der Waals surface area contributed by atoms with E-state index in [4.69, 9.17) is 23.7 Å². The van der Waals surface area contributed by atoms with Crippen LogP contribution in [0.1, 0.15) is 25.3 Å². The highest BCUT2D eigenvalue weighted by Crippen LogP contribution is 2.41. The van der Waals surface area contributed by atoms with Crippen LogP contribution in [0, 0.1) is 0 Å². The second-order valence-electron chi connectivity index (χ2n) is 7.98. The summed E-state index contributed by atoms with van der Waals surface area (Å²) >= 11 is 0. The summed E-state index contributed by atoms with van der Waals surface area (Å²) in [4.78, 5) is 16.4. The van der Waals surface area contributed by atoms with Crippen LogP contribution in [-0.4, -0.2) is 71.6 Å². The minimum absolute atomic E-state index is 0. The first-order chi connectivity index (χ1) is 16.6. The molecular weight excluding hydrogens is 507 g/mol. The second-order valence-corrected chi connectivity index (χ2v) is 7.98. The van der Waals surface area contributed by atoms with Crippen molar-refractivity contribution in [2.45, 2.75) is 26.3 Å². The summed E-state index contributed by atoms with van der Waals surface area (Å²) in [6, 6.07) is 12.1. The molecule has 202 valence electrons. The Balaban J connectivity index is 0.00000324. The Morgan fingerprint density at radius 2 is 1.56 bits per heavy atom. The summed E-state index contributed by atoms with van der Waals surface area (Å²) in [5.74, 6) is 2.54. The zero-order valence-electron chi connectivity index (χ0n) is 21.5. The number of anilines is 1. The standard InChI is InChI=1S/C26H36N2O6.2ClH/c1-5-33-24(29)11-8-18-34-25-20(12-13-23(31-3)26(25)32-4)19-27-14-16-28(17-15-27)21-9-6-7-10-22(21)30-2;;/h6-7,9-10,12-13H,5,8,11,14-19H2,1-4H3;2*1H. The molecule has 0 unspecified atom stereocenters. The predicted octanol–water partition coefficient (Wildman–Crippen LogP) is 4.60. The summed E-state index contributed by atoms with van der Waals surface area (Å²) in [5.41, 5.74) is 2.15. The van der Waals surface area contributed by atoms with Crippen molar-refractivity contribution in [2.24, 2.45) is 0 Å². The summed E-state index contributed by atoms with van der Waals surface area (Å²) in [7, 11) is 4.93. The SMILES string of the molecule is CCOC(=O)CCCOc1c(CN2CCN(c3ccccc3OC)CC2)ccc(OC)c1OC.Cl.Cl. The van der Waals surface area contributed by atoms with Crippen LogP contribution >= 0.6 is 24.8 Å². The third-order valence-corrected chi connectivity index (χ3v) is 5.85. The van der Waals surface area contributed by atoms with Crippen LogP contribution in [0.4, 0.5) is 5.69 Å². The first-order valence-electron chi connectivity index (χ1n) is 11.7. The van der Waals surface area contributed by atoms with Gasteiger partial charge in [-0.1, -0.05) is 18.2 Å². The fourth-order valence-corrected chi connectivity index (χ4v) is 4.12. The van der Waals surface area contributed by atoms with Gasteiger partial charge in [-0.25, -0.2) is 0 Å². The highest BCUT2D eigenvalue weighted by Gasteiger charge is 2.23. The van der Waals surface area contributed by atoms with Gasteiger partial charge in [0.05, 0.1) is 40.2 Å². The number of benzene rings is 2. The van der Waals surface area contributed by atoms with Crippen molar-refractivity contribution in [2.75, 3.05) is 65.6 Å². The maximum absolute atomic E-state index is 11.6. The summed E-state index contributed by atoms with van der Waals surface area (Å²) in [6.07, 6.45) is 0.886. The number of para-hydroxylation sites is 2. The molecule has 10 heteroatoms. The van der Waals surface area contributed by atoms with E-state index in [0.29, 0.717) is 43.3 Å². The Morgan fingerprint density at radius 1 is 0.861 bits per heavy atom. The fourth-order valence-electron chi connectivity index (χ4n) is 4.12. The predicted molar refractivity (Wildman–Crippen MR) is 146 cm³/mol. The van der Waals surface area contributed by atoms with Gasteiger partial charge in [-0.3, -0.25) is 9.69 Å². The van der Waals surface area contributed by atoms with Gasteiger partial charge in [0.25, 0.3) is 0 Å². The van der Waals surface area contributed by atoms with Crippen LogP contribution in [0.25, 0.3) is 0 Å². The highest BCUT2D eigenvalue weighted by molar-refractivity contribution is 5.85. The Labute approximate surface area is 226 Å². The molecule has 2 aromatic rings. The summed E-state index contributed by atoms with van der Waals surface area (Å²) in [6.45, 7) is 6.94. The van der Waals surface area contributed by atoms with E-state index < -0.39 is 0 Å². The number of piperazine rings is 1. The van der Waals surface area contributed by atoms with Crippen LogP contribution in [0.5, 0.6) is 23.0 Å². The molecule has 1 heterocycles. The molecule has 2 aromatic carbocycles. The first kappa shape index (κ1) is 31.5. The minimum atomic E-state index is -0.211. The molecule has 0 aromatic heterocycles. The summed E-state index contributed by atoms with van der Waals surface area (Å²) < 4.78 is 27.8. The van der Waals surface area contributed by atoms with Crippen LogP contribution in [-0.2, 0) is 16.1 Å². The monoisotopic (exact) mass is 544 g/mol. The van der Waals surface area contributed by atoms with Gasteiger partial charge in [0.1, 0.15) is 5.75 Å². The lowest BCUT2D eigenvalue weighted by Crippen LogP contribution is -2.46. The Bertz CT molecular complexity index is 939. The molecule has 1 aliphatic heterocycles. The molecule has 0 atom stereocenters. The Morgan fingerprint density at radius 3 is 2.19 bits per heavy atom. The van der Waals surface area contributed by atoms with Crippen molar-refractivity contribution in [1.82, 2.24) is 4.90 Å². The van der Waals surface area contributed by atoms with E-state index in [1.165, 1.54) is 0 Å². The number of ether oxygens (including phenoxy) is 5. The fraction of sp³-hybridized carbons (Fsp3) is 0.500. The molecule has 1 fully saturated rings. The quantitative estimate of drug-likeness (QED) is 0.283. The molecule has 8 nitrogen and oxygen atoms in total. The zero-order valence-corrected chi connectivity index (χ0v) is 23.1. The van der Waals surface area contributed by atoms with E-state index in [0.717, 1.165) is 49.7 Å². The first-order valence-corrected chi connectivity index (χ1v) is 11.7. The average molecular weight is 546 g/mol. The van der Waals surface area contributed by atoms with Crippen LogP contribution < -0.4 is 23.8 Å². The minimum Gasteiger partial charge on any atom is -0.495 e. The third-order valence-electron chi connectivity index (χ3n) is 5.85. The number of methoxy groups -OCH3 is 3. The van der Waals surface area contributed by atoms with Crippen LogP contribution in [0.3, 0.4) is 0 Å². The molecule has 0 spiro atoms. The third kappa shape index (κ3) is 8.25. The van der Waals surface area contributed by atoms with Crippen molar-refractivity contribution < 1.29 is 28.5 Å². The normalized spacial score (nSPS) is 13.2. The van der Waals surface area contributed by atoms with Crippen molar-refractivity contribution in [1.29, 1.82) is 0 Å². The van der Waals surface area contributed by atoms with E-state index in [9.17, 15) is 4.79 Å². The Hall–Kier alpha value is -2.55. The number of rotatable bonds is 12. The maximum atomic E-state index is 11.6. The molecule has 1 aliphatic rings. The number of hydrogen-bond donors (Lipinski definition) is 0. The number of nitrogens with zero attached hydrogens (tertiary/aromatic N) is 2. The van der Waals surface area contributed by atoms with Crippen molar-refractivity contribution >= 4 is 36.5 Å². The van der Waals surface area contributed by atoms with Crippen molar-refractivity contribution in [3.05, 3.63) is 42.0 Å². The van der Waals surface area contributed by atoms with E-state index in [-0.39, 0.29) is 30.8 Å². The van der Waals surface area contributed by atoms with E-state index in [1.807, 2.05) is 30.3 Å². The number of halogens is 2. The van der Waals surface area contributed by atoms with Crippen molar-refractivity contribution in [3.8, 4) is 23.0 Å². The topological polar surface area (TPSA) is 69.7 Å². The zero-order chi connectivity index (χ0) is 24.3. The lowest BCUT2D eigenvalue weighted by molar-refractivity contribution is -0.143. The Kier molecular flexibility index (Phi) is 14.2. The van der Waals surface area contributed by atoms with E-state index in [2.05, 4.69) is 15.9 Å². The van der Waals surface area contributed by atoms with Gasteiger partial charge < -0.3 is 28.6 Å². The molecule has 0 aliphatic carbocycles. The van der Waals surface area contributed by atoms with Gasteiger partial charge in [-0.05, 0) is 31.5 Å². The molecule has 0 amide bonds. The highest BCUT2D eigenvalue weighted by atomic mass is 35.5. The van der Waals surface area contributed by atoms with Gasteiger partial charge in [-0.2, -0.15) is 0 Å². The smallest absolute Gasteiger partial charge is 0.305 e. The van der Waals surface area contributed by atoms with E-state index >= 15 is 0 Å². The van der Waals surface area contributed by atoms with Crippen LogP contribution in [0.2, 0.25) is 0 Å². The largest absolute Gasteiger partial charge is 0.495 e. The molecule has 1 saturated heterocycles.